The second kappa shape index (κ2) is 7.81. The van der Waals surface area contributed by atoms with E-state index >= 15 is 0 Å². The van der Waals surface area contributed by atoms with Crippen LogP contribution in [0, 0.1) is 20.8 Å². The van der Waals surface area contributed by atoms with Gasteiger partial charge in [0.25, 0.3) is 0 Å². The molecule has 0 saturated heterocycles. The van der Waals surface area contributed by atoms with Crippen LogP contribution in [0.3, 0.4) is 0 Å². The van der Waals surface area contributed by atoms with Crippen LogP contribution in [0.4, 0.5) is 0 Å². The lowest BCUT2D eigenvalue weighted by Gasteiger charge is -2.12. The molecular weight excluding hydrogens is 322 g/mol. The largest absolute Gasteiger partial charge is 0.495 e. The van der Waals surface area contributed by atoms with Gasteiger partial charge < -0.3 is 4.74 Å². The van der Waals surface area contributed by atoms with E-state index in [0.29, 0.717) is 12.3 Å². The quantitative estimate of drug-likeness (QED) is 0.780. The molecule has 130 valence electrons. The second-order valence-corrected chi connectivity index (χ2v) is 7.82. The van der Waals surface area contributed by atoms with Crippen LogP contribution in [0.2, 0.25) is 0 Å². The first-order chi connectivity index (χ1) is 11.3. The highest BCUT2D eigenvalue weighted by Gasteiger charge is 2.19. The molecule has 1 N–H and O–H groups in total. The van der Waals surface area contributed by atoms with Crippen LogP contribution in [0.25, 0.3) is 0 Å². The molecule has 4 nitrogen and oxygen atoms in total. The topological polar surface area (TPSA) is 55.4 Å². The van der Waals surface area contributed by atoms with E-state index in [4.69, 9.17) is 4.74 Å². The highest BCUT2D eigenvalue weighted by atomic mass is 32.2. The fraction of sp³-hybridized carbons (Fsp3) is 0.368. The van der Waals surface area contributed by atoms with Crippen molar-refractivity contribution in [1.82, 2.24) is 4.72 Å². The maximum Gasteiger partial charge on any atom is 0.244 e. The number of rotatable bonds is 7. The van der Waals surface area contributed by atoms with Crippen molar-refractivity contribution in [2.24, 2.45) is 0 Å². The molecule has 0 aliphatic carbocycles. The van der Waals surface area contributed by atoms with Crippen LogP contribution >= 0.6 is 0 Å². The van der Waals surface area contributed by atoms with Crippen molar-refractivity contribution in [3.05, 3.63) is 58.7 Å². The molecule has 2 rings (SSSR count). The second-order valence-electron chi connectivity index (χ2n) is 6.09. The Morgan fingerprint density at radius 1 is 1.00 bits per heavy atom. The van der Waals surface area contributed by atoms with Gasteiger partial charge in [-0.2, -0.15) is 0 Å². The summed E-state index contributed by atoms with van der Waals surface area (Å²) < 4.78 is 32.8. The van der Waals surface area contributed by atoms with E-state index in [1.165, 1.54) is 23.8 Å². The molecule has 5 heteroatoms. The number of benzene rings is 2. The van der Waals surface area contributed by atoms with E-state index in [1.807, 2.05) is 13.0 Å². The molecule has 2 aromatic rings. The fourth-order valence-corrected chi connectivity index (χ4v) is 4.01. The predicted molar refractivity (Wildman–Crippen MR) is 97.2 cm³/mol. The summed E-state index contributed by atoms with van der Waals surface area (Å²) in [6.45, 7) is 6.41. The van der Waals surface area contributed by atoms with E-state index in [0.717, 1.165) is 18.4 Å². The minimum absolute atomic E-state index is 0.191. The molecule has 0 bridgehead atoms. The Balaban J connectivity index is 1.99. The Labute approximate surface area is 144 Å². The molecule has 0 spiro atoms. The maximum absolute atomic E-state index is 12.5. The van der Waals surface area contributed by atoms with E-state index in [-0.39, 0.29) is 4.90 Å². The Morgan fingerprint density at radius 3 is 2.33 bits per heavy atom. The zero-order valence-corrected chi connectivity index (χ0v) is 15.5. The van der Waals surface area contributed by atoms with Gasteiger partial charge in [0.1, 0.15) is 10.6 Å². The van der Waals surface area contributed by atoms with Gasteiger partial charge in [-0.05, 0) is 62.4 Å². The van der Waals surface area contributed by atoms with E-state index in [1.54, 1.807) is 12.1 Å². The zero-order valence-electron chi connectivity index (χ0n) is 14.7. The monoisotopic (exact) mass is 347 g/mol. The fourth-order valence-electron chi connectivity index (χ4n) is 2.68. The SMILES string of the molecule is COc1ccc(C)cc1S(=O)(=O)NCCCc1ccc(C)cc1C. The summed E-state index contributed by atoms with van der Waals surface area (Å²) in [7, 11) is -2.10. The number of aryl methyl sites for hydroxylation is 4. The maximum atomic E-state index is 12.5. The van der Waals surface area contributed by atoms with Crippen molar-refractivity contribution in [2.75, 3.05) is 13.7 Å². The van der Waals surface area contributed by atoms with Crippen molar-refractivity contribution < 1.29 is 13.2 Å². The number of hydrogen-bond donors (Lipinski definition) is 1. The number of hydrogen-bond acceptors (Lipinski definition) is 3. The van der Waals surface area contributed by atoms with Crippen LogP contribution in [0.5, 0.6) is 5.75 Å². The summed E-state index contributed by atoms with van der Waals surface area (Å²) in [4.78, 5) is 0.191. The van der Waals surface area contributed by atoms with Crippen molar-refractivity contribution >= 4 is 10.0 Å². The lowest BCUT2D eigenvalue weighted by atomic mass is 10.0. The molecule has 24 heavy (non-hydrogen) atoms. The smallest absolute Gasteiger partial charge is 0.244 e. The molecule has 0 saturated carbocycles. The van der Waals surface area contributed by atoms with E-state index in [2.05, 4.69) is 36.8 Å². The van der Waals surface area contributed by atoms with Gasteiger partial charge in [-0.25, -0.2) is 13.1 Å². The molecule has 0 aliphatic rings. The minimum Gasteiger partial charge on any atom is -0.495 e. The normalized spacial score (nSPS) is 11.5. The van der Waals surface area contributed by atoms with Gasteiger partial charge in [0.2, 0.25) is 10.0 Å². The number of nitrogens with one attached hydrogen (secondary N) is 1. The van der Waals surface area contributed by atoms with Crippen LogP contribution in [0.15, 0.2) is 41.3 Å². The predicted octanol–water partition coefficient (Wildman–Crippen LogP) is 3.53. The summed E-state index contributed by atoms with van der Waals surface area (Å²) in [6.07, 6.45) is 1.59. The van der Waals surface area contributed by atoms with E-state index in [9.17, 15) is 8.42 Å². The van der Waals surface area contributed by atoms with Crippen molar-refractivity contribution in [3.63, 3.8) is 0 Å². The first-order valence-electron chi connectivity index (χ1n) is 8.04. The summed E-state index contributed by atoms with van der Waals surface area (Å²) in [6, 6.07) is 11.5. The molecule has 2 aromatic carbocycles. The van der Waals surface area contributed by atoms with Crippen molar-refractivity contribution in [2.45, 2.75) is 38.5 Å². The van der Waals surface area contributed by atoms with Gasteiger partial charge in [0.15, 0.2) is 0 Å². The van der Waals surface area contributed by atoms with Gasteiger partial charge in [0.05, 0.1) is 7.11 Å². The third kappa shape index (κ3) is 4.58. The lowest BCUT2D eigenvalue weighted by Crippen LogP contribution is -2.25. The van der Waals surface area contributed by atoms with Gasteiger partial charge >= 0.3 is 0 Å². The van der Waals surface area contributed by atoms with Crippen LogP contribution < -0.4 is 9.46 Å². The molecule has 0 aliphatic heterocycles. The Bertz CT molecular complexity index is 813. The van der Waals surface area contributed by atoms with Crippen LogP contribution in [-0.4, -0.2) is 22.1 Å². The minimum atomic E-state index is -3.57. The van der Waals surface area contributed by atoms with Gasteiger partial charge in [-0.15, -0.1) is 0 Å². The number of sulfonamides is 1. The molecule has 0 unspecified atom stereocenters. The molecule has 0 radical (unpaired) electrons. The molecule has 0 heterocycles. The highest BCUT2D eigenvalue weighted by molar-refractivity contribution is 7.89. The highest BCUT2D eigenvalue weighted by Crippen LogP contribution is 2.24. The number of ether oxygens (including phenoxy) is 1. The average Bonchev–Trinajstić information content (AvgIpc) is 2.53. The lowest BCUT2D eigenvalue weighted by molar-refractivity contribution is 0.402. The summed E-state index contributed by atoms with van der Waals surface area (Å²) in [5, 5.41) is 0. The van der Waals surface area contributed by atoms with Crippen LogP contribution in [0.1, 0.15) is 28.7 Å². The Kier molecular flexibility index (Phi) is 6.02. The van der Waals surface area contributed by atoms with Gasteiger partial charge in [0, 0.05) is 6.54 Å². The summed E-state index contributed by atoms with van der Waals surface area (Å²) in [5.74, 6) is 0.363. The molecule has 0 fully saturated rings. The molecule has 0 aromatic heterocycles. The number of methoxy groups -OCH3 is 1. The van der Waals surface area contributed by atoms with Crippen molar-refractivity contribution in [1.29, 1.82) is 0 Å². The average molecular weight is 347 g/mol. The molecule has 0 amide bonds. The third-order valence-electron chi connectivity index (χ3n) is 4.02. The Morgan fingerprint density at radius 2 is 1.67 bits per heavy atom. The summed E-state index contributed by atoms with van der Waals surface area (Å²) >= 11 is 0. The van der Waals surface area contributed by atoms with Gasteiger partial charge in [-0.1, -0.05) is 29.8 Å². The first-order valence-corrected chi connectivity index (χ1v) is 9.52. The Hall–Kier alpha value is -1.85. The first kappa shape index (κ1) is 18.5. The third-order valence-corrected chi connectivity index (χ3v) is 5.50. The van der Waals surface area contributed by atoms with Gasteiger partial charge in [-0.3, -0.25) is 0 Å². The summed E-state index contributed by atoms with van der Waals surface area (Å²) in [5.41, 5.74) is 4.63. The van der Waals surface area contributed by atoms with Crippen LogP contribution in [-0.2, 0) is 16.4 Å². The molecular formula is C19H25NO3S. The zero-order chi connectivity index (χ0) is 17.7. The van der Waals surface area contributed by atoms with Crippen molar-refractivity contribution in [3.8, 4) is 5.75 Å². The standard InChI is InChI=1S/C19H25NO3S/c1-14-7-9-17(16(3)12-14)6-5-11-20-24(21,22)19-13-15(2)8-10-18(19)23-4/h7-10,12-13,20H,5-6,11H2,1-4H3. The van der Waals surface area contributed by atoms with E-state index < -0.39 is 10.0 Å². The molecule has 0 atom stereocenters.